The first kappa shape index (κ1) is 4.80. The fourth-order valence-electron chi connectivity index (χ4n) is 0.906. The summed E-state index contributed by atoms with van der Waals surface area (Å²) in [6.07, 6.45) is 1.75. The number of fused-ring (bicyclic) bond motifs is 1. The zero-order valence-electron chi connectivity index (χ0n) is 4.87. The topological polar surface area (TPSA) is 13.1 Å². The second kappa shape index (κ2) is 1.73. The SMILES string of the molecule is b1occ2ccccc12. The monoisotopic (exact) mass is 116 g/mol. The number of rotatable bonds is 0. The minimum atomic E-state index is 1.16. The van der Waals surface area contributed by atoms with Gasteiger partial charge in [0, 0.05) is 0 Å². The van der Waals surface area contributed by atoms with Crippen LogP contribution in [0.1, 0.15) is 0 Å². The molecule has 9 heavy (non-hydrogen) atoms. The van der Waals surface area contributed by atoms with Gasteiger partial charge in [-0.15, -0.1) is 0 Å². The van der Waals surface area contributed by atoms with E-state index >= 15 is 0 Å². The van der Waals surface area contributed by atoms with Crippen LogP contribution in [0.3, 0.4) is 0 Å². The van der Waals surface area contributed by atoms with Crippen molar-refractivity contribution in [3.05, 3.63) is 30.5 Å². The molecule has 2 aromatic rings. The van der Waals surface area contributed by atoms with Crippen molar-refractivity contribution in [1.82, 2.24) is 0 Å². The molecule has 0 aliphatic rings. The van der Waals surface area contributed by atoms with Crippen LogP contribution in [0, 0.1) is 0 Å². The van der Waals surface area contributed by atoms with Gasteiger partial charge in [-0.25, -0.2) is 0 Å². The number of hydrogen-bond acceptors (Lipinski definition) is 1. The maximum absolute atomic E-state index is 4.96. The van der Waals surface area contributed by atoms with Gasteiger partial charge in [-0.05, 0) is 0 Å². The molecule has 0 radical (unpaired) electrons. The van der Waals surface area contributed by atoms with E-state index in [4.69, 9.17) is 4.33 Å². The van der Waals surface area contributed by atoms with E-state index in [1.807, 2.05) is 24.3 Å². The van der Waals surface area contributed by atoms with Crippen LogP contribution in [-0.2, 0) is 0 Å². The molecule has 2 heteroatoms. The van der Waals surface area contributed by atoms with Crippen molar-refractivity contribution < 1.29 is 4.33 Å². The van der Waals surface area contributed by atoms with Crippen molar-refractivity contribution in [3.63, 3.8) is 0 Å². The van der Waals surface area contributed by atoms with E-state index in [1.54, 1.807) is 13.4 Å². The van der Waals surface area contributed by atoms with Crippen LogP contribution in [0.25, 0.3) is 10.7 Å². The second-order valence-electron chi connectivity index (χ2n) is 2.00. The summed E-state index contributed by atoms with van der Waals surface area (Å²) in [6, 6.07) is 8.05. The van der Waals surface area contributed by atoms with Gasteiger partial charge in [-0.2, -0.15) is 0 Å². The Bertz CT molecular complexity index is 283. The Labute approximate surface area is 53.5 Å². The van der Waals surface area contributed by atoms with Gasteiger partial charge in [0.25, 0.3) is 0 Å². The van der Waals surface area contributed by atoms with Gasteiger partial charge in [0.15, 0.2) is 0 Å². The molecule has 0 aliphatic heterocycles. The van der Waals surface area contributed by atoms with Crippen molar-refractivity contribution in [2.24, 2.45) is 0 Å². The van der Waals surface area contributed by atoms with Crippen LogP contribution in [0.2, 0.25) is 0 Å². The fraction of sp³-hybridized carbons (Fsp3) is 0. The summed E-state index contributed by atoms with van der Waals surface area (Å²) in [5, 5.41) is 2.33. The van der Waals surface area contributed by atoms with Crippen LogP contribution in [-0.4, -0.2) is 7.13 Å². The summed E-state index contributed by atoms with van der Waals surface area (Å²) in [4.78, 5) is 0. The van der Waals surface area contributed by atoms with Gasteiger partial charge in [0.05, 0.1) is 0 Å². The Morgan fingerprint density at radius 2 is 2.11 bits per heavy atom. The van der Waals surface area contributed by atoms with E-state index in [2.05, 4.69) is 0 Å². The molecular weight excluding hydrogens is 111 g/mol. The predicted octanol–water partition coefficient (Wildman–Crippen LogP) is 1.77. The standard InChI is InChI=1S/C7H5BO/c1-2-4-7-6(3-1)5-9-8-7/h1-5H. The molecule has 0 N–H and O–H groups in total. The normalized spacial score (nSPS) is 9.78. The summed E-state index contributed by atoms with van der Waals surface area (Å²) in [7, 11) is 1.75. The zero-order chi connectivity index (χ0) is 6.10. The van der Waals surface area contributed by atoms with Gasteiger partial charge in [0.2, 0.25) is 0 Å². The predicted molar refractivity (Wildman–Crippen MR) is 37.6 cm³/mol. The van der Waals surface area contributed by atoms with Gasteiger partial charge < -0.3 is 0 Å². The molecule has 0 saturated carbocycles. The van der Waals surface area contributed by atoms with Crippen LogP contribution in [0.4, 0.5) is 0 Å². The molecule has 0 atom stereocenters. The molecule has 0 unspecified atom stereocenters. The summed E-state index contributed by atoms with van der Waals surface area (Å²) < 4.78 is 4.96. The molecular formula is C7H5BO. The van der Waals surface area contributed by atoms with Gasteiger partial charge >= 0.3 is 52.7 Å². The van der Waals surface area contributed by atoms with Crippen molar-refractivity contribution in [2.75, 3.05) is 0 Å². The van der Waals surface area contributed by atoms with Crippen LogP contribution >= 0.6 is 0 Å². The molecule has 0 amide bonds. The summed E-state index contributed by atoms with van der Waals surface area (Å²) >= 11 is 0. The van der Waals surface area contributed by atoms with E-state index in [1.165, 1.54) is 0 Å². The van der Waals surface area contributed by atoms with Crippen molar-refractivity contribution >= 4 is 17.8 Å². The van der Waals surface area contributed by atoms with E-state index < -0.39 is 0 Å². The maximum atomic E-state index is 4.96. The Morgan fingerprint density at radius 1 is 1.22 bits per heavy atom. The second-order valence-corrected chi connectivity index (χ2v) is 2.00. The molecule has 0 bridgehead atoms. The van der Waals surface area contributed by atoms with Crippen LogP contribution in [0.5, 0.6) is 0 Å². The third-order valence-electron chi connectivity index (χ3n) is 1.39. The van der Waals surface area contributed by atoms with Crippen LogP contribution in [0.15, 0.2) is 34.9 Å². The van der Waals surface area contributed by atoms with Gasteiger partial charge in [0.1, 0.15) is 0 Å². The summed E-state index contributed by atoms with van der Waals surface area (Å²) in [6.45, 7) is 0. The molecule has 0 fully saturated rings. The quantitative estimate of drug-likeness (QED) is 0.511. The summed E-state index contributed by atoms with van der Waals surface area (Å²) in [5.41, 5.74) is 0. The van der Waals surface area contributed by atoms with Crippen molar-refractivity contribution in [1.29, 1.82) is 0 Å². The molecule has 2 rings (SSSR count). The summed E-state index contributed by atoms with van der Waals surface area (Å²) in [5.74, 6) is 0. The van der Waals surface area contributed by atoms with E-state index in [-0.39, 0.29) is 0 Å². The zero-order valence-corrected chi connectivity index (χ0v) is 4.87. The van der Waals surface area contributed by atoms with Crippen molar-refractivity contribution in [3.8, 4) is 0 Å². The van der Waals surface area contributed by atoms with E-state index in [0.717, 1.165) is 10.7 Å². The van der Waals surface area contributed by atoms with Gasteiger partial charge in [-0.3, -0.25) is 0 Å². The van der Waals surface area contributed by atoms with Gasteiger partial charge in [-0.1, -0.05) is 0 Å². The number of hydrogen-bond donors (Lipinski definition) is 0. The van der Waals surface area contributed by atoms with Crippen LogP contribution < -0.4 is 0 Å². The Hall–Kier alpha value is -1.05. The molecule has 1 aromatic heterocycles. The molecule has 0 aliphatic carbocycles. The molecule has 1 aromatic carbocycles. The molecule has 1 heterocycles. The Balaban J connectivity index is 2.95. The number of benzene rings is 1. The first-order valence-electron chi connectivity index (χ1n) is 2.88. The molecule has 0 saturated heterocycles. The third kappa shape index (κ3) is 0.671. The van der Waals surface area contributed by atoms with Crippen molar-refractivity contribution in [2.45, 2.75) is 0 Å². The Morgan fingerprint density at radius 3 is 3.00 bits per heavy atom. The molecule has 42 valence electrons. The van der Waals surface area contributed by atoms with E-state index in [0.29, 0.717) is 0 Å². The third-order valence-corrected chi connectivity index (χ3v) is 1.39. The minimum absolute atomic E-state index is 1.16. The molecule has 1 nitrogen and oxygen atoms in total. The van der Waals surface area contributed by atoms with E-state index in [9.17, 15) is 0 Å². The first-order chi connectivity index (χ1) is 4.47. The average Bonchev–Trinajstić information content (AvgIpc) is 2.33. The first-order valence-corrected chi connectivity index (χ1v) is 2.88. The average molecular weight is 116 g/mol. The fourth-order valence-corrected chi connectivity index (χ4v) is 0.906. The molecule has 0 spiro atoms. The Kier molecular flexibility index (Phi) is 0.920.